The fourth-order valence-electron chi connectivity index (χ4n) is 5.43. The molecule has 2 saturated carbocycles. The van der Waals surface area contributed by atoms with Gasteiger partial charge in [-0.05, 0) is 74.7 Å². The van der Waals surface area contributed by atoms with Crippen LogP contribution in [-0.4, -0.2) is 41.1 Å². The highest BCUT2D eigenvalue weighted by Gasteiger charge is 2.39. The summed E-state index contributed by atoms with van der Waals surface area (Å²) < 4.78 is 5.75. The Labute approximate surface area is 226 Å². The van der Waals surface area contributed by atoms with Crippen LogP contribution in [0.3, 0.4) is 0 Å². The maximum Gasteiger partial charge on any atom is 0.348 e. The number of amides is 1. The maximum absolute atomic E-state index is 14.0. The van der Waals surface area contributed by atoms with Crippen molar-refractivity contribution in [2.75, 3.05) is 4.90 Å². The first-order chi connectivity index (χ1) is 17.3. The van der Waals surface area contributed by atoms with Gasteiger partial charge in [-0.25, -0.2) is 4.79 Å². The summed E-state index contributed by atoms with van der Waals surface area (Å²) in [7, 11) is 0. The summed E-state index contributed by atoms with van der Waals surface area (Å²) in [4.78, 5) is 41.9. The van der Waals surface area contributed by atoms with Crippen molar-refractivity contribution in [3.05, 3.63) is 15.8 Å². The Morgan fingerprint density at radius 2 is 1.70 bits per heavy atom. The van der Waals surface area contributed by atoms with Crippen LogP contribution in [0.1, 0.15) is 114 Å². The maximum atomic E-state index is 14.0. The Morgan fingerprint density at radius 3 is 2.22 bits per heavy atom. The van der Waals surface area contributed by atoms with Crippen molar-refractivity contribution in [3.8, 4) is 0 Å². The molecule has 7 nitrogen and oxygen atoms in total. The summed E-state index contributed by atoms with van der Waals surface area (Å²) in [6.07, 6.45) is 6.89. The molecule has 2 fully saturated rings. The van der Waals surface area contributed by atoms with Crippen LogP contribution in [0.5, 0.6) is 0 Å². The number of rotatable bonds is 8. The van der Waals surface area contributed by atoms with Crippen molar-refractivity contribution in [3.63, 3.8) is 0 Å². The van der Waals surface area contributed by atoms with Gasteiger partial charge in [0.25, 0.3) is 0 Å². The van der Waals surface area contributed by atoms with Crippen LogP contribution in [0.25, 0.3) is 0 Å². The van der Waals surface area contributed by atoms with Crippen molar-refractivity contribution in [2.24, 2.45) is 23.5 Å². The molecule has 0 spiro atoms. The Balaban J connectivity index is 1.84. The van der Waals surface area contributed by atoms with Gasteiger partial charge >= 0.3 is 11.9 Å². The van der Waals surface area contributed by atoms with Gasteiger partial charge in [0.1, 0.15) is 17.0 Å². The lowest BCUT2D eigenvalue weighted by molar-refractivity contribution is -0.153. The molecule has 2 atom stereocenters. The second kappa shape index (κ2) is 12.3. The molecule has 1 aromatic rings. The Kier molecular flexibility index (Phi) is 9.84. The number of carbonyl (C=O) groups is 3. The van der Waals surface area contributed by atoms with Crippen LogP contribution in [-0.2, 0) is 19.7 Å². The zero-order valence-corrected chi connectivity index (χ0v) is 24.2. The molecule has 0 saturated heterocycles. The van der Waals surface area contributed by atoms with Gasteiger partial charge in [0, 0.05) is 16.8 Å². The number of carboxylic acids is 1. The van der Waals surface area contributed by atoms with Crippen molar-refractivity contribution in [1.29, 1.82) is 0 Å². The molecule has 0 bridgehead atoms. The summed E-state index contributed by atoms with van der Waals surface area (Å²) in [6, 6.07) is 1.18. The quantitative estimate of drug-likeness (QED) is 0.388. The van der Waals surface area contributed by atoms with Gasteiger partial charge in [-0.15, -0.1) is 11.3 Å². The first-order valence-electron chi connectivity index (χ1n) is 14.0. The molecular formula is C29H46N2O5S. The minimum absolute atomic E-state index is 0.0481. The average Bonchev–Trinajstić information content (AvgIpc) is 3.30. The fraction of sp³-hybridized carbons (Fsp3) is 0.759. The predicted molar refractivity (Wildman–Crippen MR) is 148 cm³/mol. The highest BCUT2D eigenvalue weighted by atomic mass is 32.1. The number of hydrogen-bond donors (Lipinski definition) is 2. The number of aromatic carboxylic acids is 1. The van der Waals surface area contributed by atoms with Crippen molar-refractivity contribution in [1.82, 2.24) is 0 Å². The van der Waals surface area contributed by atoms with Crippen LogP contribution in [0, 0.1) is 17.8 Å². The van der Waals surface area contributed by atoms with E-state index in [0.717, 1.165) is 37.0 Å². The molecule has 8 heteroatoms. The van der Waals surface area contributed by atoms with Crippen LogP contribution in [0.2, 0.25) is 0 Å². The largest absolute Gasteiger partial charge is 0.477 e. The molecule has 0 unspecified atom stereocenters. The average molecular weight is 535 g/mol. The van der Waals surface area contributed by atoms with Gasteiger partial charge in [0.05, 0.1) is 5.69 Å². The normalized spacial score (nSPS) is 26.2. The zero-order valence-electron chi connectivity index (χ0n) is 23.4. The fourth-order valence-corrected chi connectivity index (χ4v) is 6.48. The molecular weight excluding hydrogens is 488 g/mol. The first-order valence-corrected chi connectivity index (χ1v) is 14.8. The second-order valence-corrected chi connectivity index (χ2v) is 13.4. The van der Waals surface area contributed by atoms with E-state index in [1.54, 1.807) is 0 Å². The molecule has 3 rings (SSSR count). The molecule has 1 heterocycles. The van der Waals surface area contributed by atoms with Crippen molar-refractivity contribution < 1.29 is 24.2 Å². The van der Waals surface area contributed by atoms with E-state index in [0.29, 0.717) is 37.3 Å². The summed E-state index contributed by atoms with van der Waals surface area (Å²) in [5, 5.41) is 10.1. The minimum atomic E-state index is -0.993. The lowest BCUT2D eigenvalue weighted by Gasteiger charge is -2.39. The van der Waals surface area contributed by atoms with E-state index in [1.807, 2.05) is 24.8 Å². The molecule has 208 valence electrons. The van der Waals surface area contributed by atoms with Crippen LogP contribution < -0.4 is 10.6 Å². The third kappa shape index (κ3) is 7.14. The number of ether oxygens (including phenoxy) is 1. The lowest BCUT2D eigenvalue weighted by Crippen LogP contribution is -2.48. The third-order valence-electron chi connectivity index (χ3n) is 8.33. The summed E-state index contributed by atoms with van der Waals surface area (Å²) in [5.41, 5.74) is 6.39. The molecule has 2 aliphatic carbocycles. The highest BCUT2D eigenvalue weighted by molar-refractivity contribution is 7.14. The smallest absolute Gasteiger partial charge is 0.348 e. The van der Waals surface area contributed by atoms with Gasteiger partial charge in [0.2, 0.25) is 5.91 Å². The number of thiophene rings is 1. The van der Waals surface area contributed by atoms with E-state index in [4.69, 9.17) is 10.5 Å². The monoisotopic (exact) mass is 534 g/mol. The molecule has 0 aromatic carbocycles. The number of nitrogens with zero attached hydrogens (tertiary/aromatic N) is 1. The molecule has 1 aromatic heterocycles. The number of nitrogens with two attached hydrogens (primary N) is 1. The number of hydrogen-bond acceptors (Lipinski definition) is 6. The van der Waals surface area contributed by atoms with Crippen molar-refractivity contribution >= 4 is 34.9 Å². The van der Waals surface area contributed by atoms with Crippen LogP contribution in [0.15, 0.2) is 6.07 Å². The SMILES string of the molecule is CC[C@H](C)[C@H](N)C(=O)OC1CCC(N(C(=O)C2CCC(C)CC2)c2cc(C(C)(C)C)sc2C(=O)O)CC1. The standard InChI is InChI=1S/C29H46N2O5S/c1-7-18(3)24(30)28(35)36-21-14-12-20(13-15-21)31(26(32)19-10-8-17(2)9-11-19)22-16-23(29(4,5)6)37-25(22)27(33)34/h16-21,24H,7-15,30H2,1-6H3,(H,33,34)/t17?,18-,19?,20?,21?,24-/m0/s1. The second-order valence-electron chi connectivity index (χ2n) is 12.3. The van der Waals surface area contributed by atoms with Gasteiger partial charge in [0.15, 0.2) is 0 Å². The van der Waals surface area contributed by atoms with Gasteiger partial charge in [-0.3, -0.25) is 9.59 Å². The molecule has 0 radical (unpaired) electrons. The highest BCUT2D eigenvalue weighted by Crippen LogP contribution is 2.42. The van der Waals surface area contributed by atoms with E-state index < -0.39 is 12.0 Å². The van der Waals surface area contributed by atoms with Crippen LogP contribution in [0.4, 0.5) is 5.69 Å². The van der Waals surface area contributed by atoms with Crippen LogP contribution >= 0.6 is 11.3 Å². The topological polar surface area (TPSA) is 110 Å². The Bertz CT molecular complexity index is 952. The number of anilines is 1. The van der Waals surface area contributed by atoms with Crippen molar-refractivity contribution in [2.45, 2.75) is 123 Å². The van der Waals surface area contributed by atoms with E-state index in [9.17, 15) is 19.5 Å². The van der Waals surface area contributed by atoms with E-state index in [2.05, 4.69) is 27.7 Å². The summed E-state index contributed by atoms with van der Waals surface area (Å²) in [5.74, 6) is -0.713. The number of carbonyl (C=O) groups excluding carboxylic acids is 2. The molecule has 37 heavy (non-hydrogen) atoms. The lowest BCUT2D eigenvalue weighted by atomic mass is 9.81. The van der Waals surface area contributed by atoms with Gasteiger partial charge in [-0.2, -0.15) is 0 Å². The predicted octanol–water partition coefficient (Wildman–Crippen LogP) is 6.13. The van der Waals surface area contributed by atoms with E-state index in [1.165, 1.54) is 11.3 Å². The molecule has 3 N–H and O–H groups in total. The first kappa shape index (κ1) is 29.6. The number of esters is 1. The molecule has 0 aliphatic heterocycles. The zero-order chi connectivity index (χ0) is 27.5. The summed E-state index contributed by atoms with van der Waals surface area (Å²) >= 11 is 1.27. The summed E-state index contributed by atoms with van der Waals surface area (Å²) in [6.45, 7) is 12.4. The van der Waals surface area contributed by atoms with Gasteiger partial charge in [-0.1, -0.05) is 48.0 Å². The Hall–Kier alpha value is -1.93. The van der Waals surface area contributed by atoms with E-state index in [-0.39, 0.29) is 46.2 Å². The number of carboxylic acid groups (broad SMARTS) is 1. The van der Waals surface area contributed by atoms with Gasteiger partial charge < -0.3 is 20.5 Å². The molecule has 2 aliphatic rings. The van der Waals surface area contributed by atoms with E-state index >= 15 is 0 Å². The minimum Gasteiger partial charge on any atom is -0.477 e. The Morgan fingerprint density at radius 1 is 1.11 bits per heavy atom. The molecule has 1 amide bonds. The third-order valence-corrected chi connectivity index (χ3v) is 9.87.